The molecule has 108 valence electrons. The molecular weight excluding hydrogens is 276 g/mol. The number of likely N-dealkylation sites (tertiary alicyclic amines) is 1. The zero-order valence-corrected chi connectivity index (χ0v) is 12.3. The minimum atomic E-state index is -0.329. The highest BCUT2D eigenvalue weighted by molar-refractivity contribution is 6.30. The first-order chi connectivity index (χ1) is 9.66. The normalized spacial score (nSPS) is 18.1. The molecule has 1 unspecified atom stereocenters. The molecule has 1 aliphatic heterocycles. The third kappa shape index (κ3) is 4.23. The molecule has 0 N–H and O–H groups in total. The van der Waals surface area contributed by atoms with Gasteiger partial charge in [0.2, 0.25) is 5.91 Å². The summed E-state index contributed by atoms with van der Waals surface area (Å²) in [6, 6.07) is 7.31. The summed E-state index contributed by atoms with van der Waals surface area (Å²) in [5.41, 5.74) is 0.906. The fourth-order valence-electron chi connectivity index (χ4n) is 2.17. The zero-order chi connectivity index (χ0) is 14.4. The Morgan fingerprint density at radius 3 is 2.80 bits per heavy atom. The number of carbonyl (C=O) groups is 1. The van der Waals surface area contributed by atoms with E-state index in [2.05, 4.69) is 5.16 Å². The Kier molecular flexibility index (Phi) is 5.41. The van der Waals surface area contributed by atoms with Gasteiger partial charge in [0, 0.05) is 18.0 Å². The number of hydrogen-bond donors (Lipinski definition) is 0. The minimum Gasteiger partial charge on any atom is -0.371 e. The number of amides is 1. The van der Waals surface area contributed by atoms with Crippen LogP contribution in [0.3, 0.4) is 0 Å². The second kappa shape index (κ2) is 7.29. The highest BCUT2D eigenvalue weighted by atomic mass is 35.5. The average molecular weight is 295 g/mol. The van der Waals surface area contributed by atoms with Crippen LogP contribution in [-0.4, -0.2) is 29.8 Å². The van der Waals surface area contributed by atoms with Gasteiger partial charge in [0.15, 0.2) is 6.23 Å². The number of benzene rings is 1. The van der Waals surface area contributed by atoms with Crippen molar-refractivity contribution in [2.24, 2.45) is 5.16 Å². The molecule has 20 heavy (non-hydrogen) atoms. The Labute approximate surface area is 124 Å². The second-order valence-corrected chi connectivity index (χ2v) is 5.33. The van der Waals surface area contributed by atoms with E-state index in [4.69, 9.17) is 16.4 Å². The molecule has 1 aliphatic rings. The first-order valence-electron chi connectivity index (χ1n) is 6.91. The minimum absolute atomic E-state index is 0.150. The molecule has 5 heteroatoms. The number of rotatable bonds is 4. The predicted molar refractivity (Wildman–Crippen MR) is 79.8 cm³/mol. The lowest BCUT2D eigenvalue weighted by Crippen LogP contribution is -2.39. The lowest BCUT2D eigenvalue weighted by atomic mass is 10.2. The van der Waals surface area contributed by atoms with E-state index in [1.165, 1.54) is 0 Å². The average Bonchev–Trinajstić information content (AvgIpc) is 2.65. The van der Waals surface area contributed by atoms with Crippen molar-refractivity contribution < 1.29 is 9.63 Å². The summed E-state index contributed by atoms with van der Waals surface area (Å²) in [6.07, 6.45) is 4.99. The van der Waals surface area contributed by atoms with Crippen molar-refractivity contribution in [2.45, 2.75) is 38.8 Å². The van der Waals surface area contributed by atoms with Crippen LogP contribution in [0.1, 0.15) is 38.2 Å². The van der Waals surface area contributed by atoms with E-state index in [0.717, 1.165) is 31.4 Å². The van der Waals surface area contributed by atoms with E-state index < -0.39 is 0 Å². The summed E-state index contributed by atoms with van der Waals surface area (Å²) >= 11 is 5.81. The van der Waals surface area contributed by atoms with Crippen LogP contribution in [-0.2, 0) is 9.63 Å². The molecule has 2 rings (SSSR count). The highest BCUT2D eigenvalue weighted by Crippen LogP contribution is 2.14. The van der Waals surface area contributed by atoms with Gasteiger partial charge in [-0.2, -0.15) is 0 Å². The van der Waals surface area contributed by atoms with Gasteiger partial charge < -0.3 is 9.74 Å². The molecule has 0 spiro atoms. The van der Waals surface area contributed by atoms with Crippen LogP contribution < -0.4 is 0 Å². The van der Waals surface area contributed by atoms with Gasteiger partial charge in [0.1, 0.15) is 0 Å². The van der Waals surface area contributed by atoms with Gasteiger partial charge in [-0.05, 0) is 37.5 Å². The quantitative estimate of drug-likeness (QED) is 0.630. The smallest absolute Gasteiger partial charge is 0.225 e. The Hall–Kier alpha value is -1.55. The molecule has 4 nitrogen and oxygen atoms in total. The maximum absolute atomic E-state index is 11.9. The lowest BCUT2D eigenvalue weighted by molar-refractivity contribution is -0.143. The van der Waals surface area contributed by atoms with Gasteiger partial charge in [-0.1, -0.05) is 35.3 Å². The second-order valence-electron chi connectivity index (χ2n) is 4.89. The Balaban J connectivity index is 1.88. The van der Waals surface area contributed by atoms with E-state index in [1.54, 1.807) is 23.2 Å². The van der Waals surface area contributed by atoms with Crippen LogP contribution in [0.4, 0.5) is 0 Å². The van der Waals surface area contributed by atoms with Crippen LogP contribution >= 0.6 is 11.6 Å². The van der Waals surface area contributed by atoms with Gasteiger partial charge in [-0.3, -0.25) is 4.79 Å². The van der Waals surface area contributed by atoms with E-state index >= 15 is 0 Å². The Morgan fingerprint density at radius 1 is 1.30 bits per heavy atom. The van der Waals surface area contributed by atoms with Gasteiger partial charge in [-0.25, -0.2) is 0 Å². The molecule has 0 aromatic heterocycles. The molecule has 1 aromatic rings. The van der Waals surface area contributed by atoms with Gasteiger partial charge in [0.25, 0.3) is 0 Å². The van der Waals surface area contributed by atoms with Crippen LogP contribution in [0, 0.1) is 0 Å². The molecule has 1 heterocycles. The first kappa shape index (κ1) is 14.9. The van der Waals surface area contributed by atoms with Crippen molar-refractivity contribution in [1.29, 1.82) is 0 Å². The van der Waals surface area contributed by atoms with Gasteiger partial charge in [0.05, 0.1) is 6.21 Å². The summed E-state index contributed by atoms with van der Waals surface area (Å²) < 4.78 is 0. The van der Waals surface area contributed by atoms with E-state index in [0.29, 0.717) is 11.4 Å². The Morgan fingerprint density at radius 2 is 2.05 bits per heavy atom. The Bertz CT molecular complexity index is 473. The first-order valence-corrected chi connectivity index (χ1v) is 7.29. The summed E-state index contributed by atoms with van der Waals surface area (Å²) in [5, 5.41) is 4.64. The molecule has 1 amide bonds. The SMILES string of the molecule is CC(O/N=C/c1ccc(Cl)cc1)N1CCCCCC1=O. The summed E-state index contributed by atoms with van der Waals surface area (Å²) in [4.78, 5) is 19.0. The predicted octanol–water partition coefficient (Wildman–Crippen LogP) is 3.44. The highest BCUT2D eigenvalue weighted by Gasteiger charge is 2.22. The van der Waals surface area contributed by atoms with E-state index in [1.807, 2.05) is 19.1 Å². The molecule has 0 saturated carbocycles. The molecule has 1 aromatic carbocycles. The molecule has 0 aliphatic carbocycles. The van der Waals surface area contributed by atoms with E-state index in [-0.39, 0.29) is 12.1 Å². The standard InChI is InChI=1S/C15H19ClN2O2/c1-12(18-10-4-2-3-5-15(18)19)20-17-11-13-6-8-14(16)9-7-13/h6-9,11-12H,2-5,10H2,1H3/b17-11+. The number of nitrogens with zero attached hydrogens (tertiary/aromatic N) is 2. The number of hydrogen-bond acceptors (Lipinski definition) is 3. The van der Waals surface area contributed by atoms with Crippen LogP contribution in [0.15, 0.2) is 29.4 Å². The zero-order valence-electron chi connectivity index (χ0n) is 11.6. The van der Waals surface area contributed by atoms with Crippen LogP contribution in [0.2, 0.25) is 5.02 Å². The van der Waals surface area contributed by atoms with E-state index in [9.17, 15) is 4.79 Å². The molecule has 1 fully saturated rings. The summed E-state index contributed by atoms with van der Waals surface area (Å²) in [5.74, 6) is 0.150. The van der Waals surface area contributed by atoms with Crippen molar-refractivity contribution in [2.75, 3.05) is 6.54 Å². The fraction of sp³-hybridized carbons (Fsp3) is 0.467. The third-order valence-electron chi connectivity index (χ3n) is 3.33. The maximum atomic E-state index is 11.9. The molecule has 0 radical (unpaired) electrons. The fourth-order valence-corrected chi connectivity index (χ4v) is 2.30. The molecule has 0 bridgehead atoms. The van der Waals surface area contributed by atoms with Crippen molar-refractivity contribution in [3.63, 3.8) is 0 Å². The largest absolute Gasteiger partial charge is 0.371 e. The number of carbonyl (C=O) groups excluding carboxylic acids is 1. The topological polar surface area (TPSA) is 41.9 Å². The molecular formula is C15H19ClN2O2. The van der Waals surface area contributed by atoms with Crippen LogP contribution in [0.5, 0.6) is 0 Å². The molecule has 1 atom stereocenters. The lowest BCUT2D eigenvalue weighted by Gasteiger charge is -2.25. The molecule has 1 saturated heterocycles. The monoisotopic (exact) mass is 294 g/mol. The maximum Gasteiger partial charge on any atom is 0.225 e. The third-order valence-corrected chi connectivity index (χ3v) is 3.59. The number of halogens is 1. The van der Waals surface area contributed by atoms with Crippen molar-refractivity contribution in [3.8, 4) is 0 Å². The van der Waals surface area contributed by atoms with Crippen LogP contribution in [0.25, 0.3) is 0 Å². The number of oxime groups is 1. The van der Waals surface area contributed by atoms with Crippen molar-refractivity contribution in [1.82, 2.24) is 4.90 Å². The van der Waals surface area contributed by atoms with Crippen molar-refractivity contribution >= 4 is 23.7 Å². The van der Waals surface area contributed by atoms with Gasteiger partial charge in [-0.15, -0.1) is 0 Å². The van der Waals surface area contributed by atoms with Gasteiger partial charge >= 0.3 is 0 Å². The summed E-state index contributed by atoms with van der Waals surface area (Å²) in [6.45, 7) is 2.60. The summed E-state index contributed by atoms with van der Waals surface area (Å²) in [7, 11) is 0. The van der Waals surface area contributed by atoms with Crippen molar-refractivity contribution in [3.05, 3.63) is 34.9 Å².